The minimum Gasteiger partial charge on any atom is -0.479 e. The molecule has 1 aliphatic heterocycles. The van der Waals surface area contributed by atoms with Gasteiger partial charge in [-0.2, -0.15) is 0 Å². The molecule has 0 spiro atoms. The zero-order chi connectivity index (χ0) is 14.1. The van der Waals surface area contributed by atoms with Crippen LogP contribution < -0.4 is 9.64 Å². The number of amides is 1. The molecule has 4 heteroatoms. The van der Waals surface area contributed by atoms with E-state index in [-0.39, 0.29) is 11.7 Å². The van der Waals surface area contributed by atoms with Crippen molar-refractivity contribution in [2.45, 2.75) is 19.6 Å². The van der Waals surface area contributed by atoms with Crippen LogP contribution in [0.1, 0.15) is 12.5 Å². The van der Waals surface area contributed by atoms with Gasteiger partial charge in [-0.1, -0.05) is 24.3 Å². The van der Waals surface area contributed by atoms with Crippen molar-refractivity contribution in [3.8, 4) is 5.75 Å². The van der Waals surface area contributed by atoms with Crippen LogP contribution in [0.2, 0.25) is 0 Å². The van der Waals surface area contributed by atoms with Gasteiger partial charge >= 0.3 is 0 Å². The largest absolute Gasteiger partial charge is 0.479 e. The average Bonchev–Trinajstić information content (AvgIpc) is 2.44. The van der Waals surface area contributed by atoms with Crippen molar-refractivity contribution >= 4 is 11.6 Å². The van der Waals surface area contributed by atoms with Gasteiger partial charge in [0.1, 0.15) is 11.6 Å². The molecule has 0 unspecified atom stereocenters. The molecule has 2 aromatic carbocycles. The Balaban J connectivity index is 1.97. The van der Waals surface area contributed by atoms with E-state index in [1.165, 1.54) is 12.1 Å². The Kier molecular flexibility index (Phi) is 3.14. The molecular formula is C16H14FNO2. The molecular weight excluding hydrogens is 257 g/mol. The molecule has 1 atom stereocenters. The summed E-state index contributed by atoms with van der Waals surface area (Å²) in [5.74, 6) is 0.258. The minimum atomic E-state index is -0.529. The summed E-state index contributed by atoms with van der Waals surface area (Å²) in [6, 6.07) is 13.7. The highest BCUT2D eigenvalue weighted by Crippen LogP contribution is 2.34. The number of carbonyl (C=O) groups is 1. The predicted octanol–water partition coefficient (Wildman–Crippen LogP) is 3.14. The number of anilines is 1. The number of benzene rings is 2. The van der Waals surface area contributed by atoms with Crippen LogP contribution in [0.5, 0.6) is 5.75 Å². The topological polar surface area (TPSA) is 29.5 Å². The SMILES string of the molecule is C[C@H]1Oc2ccccc2N(Cc2cccc(F)c2)C1=O. The van der Waals surface area contributed by atoms with Gasteiger partial charge in [-0.25, -0.2) is 4.39 Å². The maximum atomic E-state index is 13.3. The van der Waals surface area contributed by atoms with Crippen molar-refractivity contribution < 1.29 is 13.9 Å². The first-order valence-corrected chi connectivity index (χ1v) is 6.46. The van der Waals surface area contributed by atoms with Crippen LogP contribution in [0.25, 0.3) is 0 Å². The van der Waals surface area contributed by atoms with E-state index in [1.54, 1.807) is 24.0 Å². The summed E-state index contributed by atoms with van der Waals surface area (Å²) in [5.41, 5.74) is 1.47. The Bertz CT molecular complexity index is 656. The van der Waals surface area contributed by atoms with E-state index in [9.17, 15) is 9.18 Å². The zero-order valence-corrected chi connectivity index (χ0v) is 11.0. The molecule has 0 aromatic heterocycles. The van der Waals surface area contributed by atoms with Crippen molar-refractivity contribution in [3.63, 3.8) is 0 Å². The van der Waals surface area contributed by atoms with E-state index in [1.807, 2.05) is 24.3 Å². The summed E-state index contributed by atoms with van der Waals surface area (Å²) in [7, 11) is 0. The van der Waals surface area contributed by atoms with Crippen LogP contribution in [0.15, 0.2) is 48.5 Å². The number of halogens is 1. The highest BCUT2D eigenvalue weighted by atomic mass is 19.1. The van der Waals surface area contributed by atoms with E-state index < -0.39 is 6.10 Å². The molecule has 1 aliphatic rings. The van der Waals surface area contributed by atoms with Crippen molar-refractivity contribution in [1.82, 2.24) is 0 Å². The third-order valence-electron chi connectivity index (χ3n) is 3.30. The Morgan fingerprint density at radius 2 is 2.00 bits per heavy atom. The number of carbonyl (C=O) groups excluding carboxylic acids is 1. The lowest BCUT2D eigenvalue weighted by molar-refractivity contribution is -0.125. The van der Waals surface area contributed by atoms with E-state index in [2.05, 4.69) is 0 Å². The number of hydrogen-bond donors (Lipinski definition) is 0. The molecule has 1 amide bonds. The number of rotatable bonds is 2. The van der Waals surface area contributed by atoms with Crippen molar-refractivity contribution in [2.75, 3.05) is 4.90 Å². The average molecular weight is 271 g/mol. The maximum absolute atomic E-state index is 13.3. The molecule has 3 nitrogen and oxygen atoms in total. The lowest BCUT2D eigenvalue weighted by Gasteiger charge is -2.33. The molecule has 0 bridgehead atoms. The van der Waals surface area contributed by atoms with Crippen molar-refractivity contribution in [1.29, 1.82) is 0 Å². The lowest BCUT2D eigenvalue weighted by Crippen LogP contribution is -2.43. The Hall–Kier alpha value is -2.36. The van der Waals surface area contributed by atoms with Crippen LogP contribution >= 0.6 is 0 Å². The molecule has 1 heterocycles. The molecule has 2 aromatic rings. The van der Waals surface area contributed by atoms with Crippen LogP contribution in [0.4, 0.5) is 10.1 Å². The number of para-hydroxylation sites is 2. The molecule has 3 rings (SSSR count). The van der Waals surface area contributed by atoms with Gasteiger partial charge < -0.3 is 9.64 Å². The van der Waals surface area contributed by atoms with Crippen LogP contribution in [0.3, 0.4) is 0 Å². The predicted molar refractivity (Wildman–Crippen MR) is 74.1 cm³/mol. The minimum absolute atomic E-state index is 0.118. The molecule has 102 valence electrons. The third-order valence-corrected chi connectivity index (χ3v) is 3.30. The summed E-state index contributed by atoms with van der Waals surface area (Å²) < 4.78 is 18.8. The second-order valence-electron chi connectivity index (χ2n) is 4.78. The van der Waals surface area contributed by atoms with E-state index in [0.717, 1.165) is 11.3 Å². The quantitative estimate of drug-likeness (QED) is 0.839. The first-order valence-electron chi connectivity index (χ1n) is 6.46. The van der Waals surface area contributed by atoms with Crippen molar-refractivity contribution in [2.24, 2.45) is 0 Å². The fraction of sp³-hybridized carbons (Fsp3) is 0.188. The molecule has 0 saturated carbocycles. The molecule has 0 saturated heterocycles. The fourth-order valence-electron chi connectivity index (χ4n) is 2.34. The first kappa shape index (κ1) is 12.7. The number of hydrogen-bond acceptors (Lipinski definition) is 2. The van der Waals surface area contributed by atoms with Gasteiger partial charge in [-0.3, -0.25) is 4.79 Å². The maximum Gasteiger partial charge on any atom is 0.268 e. The summed E-state index contributed by atoms with van der Waals surface area (Å²) in [6.45, 7) is 2.05. The summed E-state index contributed by atoms with van der Waals surface area (Å²) in [5, 5.41) is 0. The summed E-state index contributed by atoms with van der Waals surface area (Å²) in [6.07, 6.45) is -0.529. The van der Waals surface area contributed by atoms with Gasteiger partial charge in [0.2, 0.25) is 0 Å². The second kappa shape index (κ2) is 4.96. The molecule has 0 aliphatic carbocycles. The fourth-order valence-corrected chi connectivity index (χ4v) is 2.34. The monoisotopic (exact) mass is 271 g/mol. The smallest absolute Gasteiger partial charge is 0.268 e. The molecule has 0 fully saturated rings. The van der Waals surface area contributed by atoms with Gasteiger partial charge in [0, 0.05) is 0 Å². The van der Waals surface area contributed by atoms with Gasteiger partial charge in [0.05, 0.1) is 12.2 Å². The zero-order valence-electron chi connectivity index (χ0n) is 11.0. The van der Waals surface area contributed by atoms with Crippen LogP contribution in [-0.2, 0) is 11.3 Å². The Labute approximate surface area is 116 Å². The van der Waals surface area contributed by atoms with Crippen molar-refractivity contribution in [3.05, 3.63) is 59.9 Å². The standard InChI is InChI=1S/C16H14FNO2/c1-11-16(19)18(10-12-5-4-6-13(17)9-12)14-7-2-3-8-15(14)20-11/h2-9,11H,10H2,1H3/t11-/m1/s1. The highest BCUT2D eigenvalue weighted by Gasteiger charge is 2.31. The van der Waals surface area contributed by atoms with Gasteiger partial charge in [-0.05, 0) is 36.8 Å². The summed E-state index contributed by atoms with van der Waals surface area (Å²) >= 11 is 0. The number of fused-ring (bicyclic) bond motifs is 1. The summed E-state index contributed by atoms with van der Waals surface area (Å²) in [4.78, 5) is 13.9. The molecule has 20 heavy (non-hydrogen) atoms. The lowest BCUT2D eigenvalue weighted by atomic mass is 10.1. The third kappa shape index (κ3) is 2.25. The number of ether oxygens (including phenoxy) is 1. The van der Waals surface area contributed by atoms with Gasteiger partial charge in [0.15, 0.2) is 6.10 Å². The van der Waals surface area contributed by atoms with Crippen LogP contribution in [-0.4, -0.2) is 12.0 Å². The van der Waals surface area contributed by atoms with E-state index in [0.29, 0.717) is 12.3 Å². The van der Waals surface area contributed by atoms with Gasteiger partial charge in [-0.15, -0.1) is 0 Å². The first-order chi connectivity index (χ1) is 9.65. The van der Waals surface area contributed by atoms with Gasteiger partial charge in [0.25, 0.3) is 5.91 Å². The Morgan fingerprint density at radius 1 is 1.20 bits per heavy atom. The van der Waals surface area contributed by atoms with E-state index >= 15 is 0 Å². The normalized spacial score (nSPS) is 17.6. The van der Waals surface area contributed by atoms with Crippen LogP contribution in [0, 0.1) is 5.82 Å². The molecule has 0 radical (unpaired) electrons. The number of nitrogens with zero attached hydrogens (tertiary/aromatic N) is 1. The highest BCUT2D eigenvalue weighted by molar-refractivity contribution is 5.99. The Morgan fingerprint density at radius 3 is 2.80 bits per heavy atom. The van der Waals surface area contributed by atoms with E-state index in [4.69, 9.17) is 4.74 Å². The second-order valence-corrected chi connectivity index (χ2v) is 4.78. The molecule has 0 N–H and O–H groups in total.